The molecule has 1 aliphatic rings. The number of piperazine rings is 1. The normalized spacial score (nSPS) is 15.8. The molecule has 3 rings (SSSR count). The number of nitrogens with zero attached hydrogens (tertiary/aromatic N) is 3. The third kappa shape index (κ3) is 4.70. The van der Waals surface area contributed by atoms with Crippen molar-refractivity contribution in [3.05, 3.63) is 60.4 Å². The molecule has 0 bridgehead atoms. The van der Waals surface area contributed by atoms with Gasteiger partial charge in [0.15, 0.2) is 0 Å². The minimum atomic E-state index is -3.65. The topological polar surface area (TPSA) is 60.9 Å². The van der Waals surface area contributed by atoms with Crippen molar-refractivity contribution in [2.45, 2.75) is 19.4 Å². The van der Waals surface area contributed by atoms with Crippen LogP contribution in [-0.4, -0.2) is 57.7 Å². The van der Waals surface area contributed by atoms with Gasteiger partial charge in [0.05, 0.1) is 17.6 Å². The summed E-state index contributed by atoms with van der Waals surface area (Å²) in [6.45, 7) is 3.62. The molecule has 156 valence electrons. The summed E-state index contributed by atoms with van der Waals surface area (Å²) in [6, 6.07) is 14.4. The summed E-state index contributed by atoms with van der Waals surface area (Å²) >= 11 is 0. The molecule has 0 aromatic heterocycles. The summed E-state index contributed by atoms with van der Waals surface area (Å²) in [5.41, 5.74) is 0.994. The average Bonchev–Trinajstić information content (AvgIpc) is 2.71. The summed E-state index contributed by atoms with van der Waals surface area (Å²) < 4.78 is 40.2. The highest BCUT2D eigenvalue weighted by molar-refractivity contribution is 7.92. The number of para-hydroxylation sites is 2. The van der Waals surface area contributed by atoms with Crippen molar-refractivity contribution in [2.75, 3.05) is 41.6 Å². The predicted octanol–water partition coefficient (Wildman–Crippen LogP) is 2.72. The van der Waals surface area contributed by atoms with E-state index < -0.39 is 16.1 Å². The SMILES string of the molecule is CC[C@@H](C(=O)N1CCN(c2ccccc2F)CC1)N(c1ccccc1)S(C)(=O)=O. The molecule has 1 heterocycles. The van der Waals surface area contributed by atoms with E-state index in [0.29, 0.717) is 44.0 Å². The van der Waals surface area contributed by atoms with Crippen molar-refractivity contribution in [1.82, 2.24) is 4.90 Å². The maximum Gasteiger partial charge on any atom is 0.246 e. The Bertz CT molecular complexity index is 945. The van der Waals surface area contributed by atoms with Crippen LogP contribution in [0.25, 0.3) is 0 Å². The molecule has 0 aliphatic carbocycles. The second-order valence-electron chi connectivity index (χ2n) is 7.08. The van der Waals surface area contributed by atoms with E-state index in [1.54, 1.807) is 60.4 Å². The van der Waals surface area contributed by atoms with Crippen LogP contribution in [-0.2, 0) is 14.8 Å². The van der Waals surface area contributed by atoms with Crippen LogP contribution in [0.2, 0.25) is 0 Å². The first kappa shape index (κ1) is 21.1. The zero-order chi connectivity index (χ0) is 21.0. The monoisotopic (exact) mass is 419 g/mol. The van der Waals surface area contributed by atoms with Crippen LogP contribution in [0.4, 0.5) is 15.8 Å². The molecule has 1 aliphatic heterocycles. The van der Waals surface area contributed by atoms with Crippen molar-refractivity contribution in [3.63, 3.8) is 0 Å². The van der Waals surface area contributed by atoms with Crippen LogP contribution in [0, 0.1) is 5.82 Å². The van der Waals surface area contributed by atoms with Gasteiger partial charge >= 0.3 is 0 Å². The smallest absolute Gasteiger partial charge is 0.246 e. The maximum absolute atomic E-state index is 14.0. The van der Waals surface area contributed by atoms with Crippen molar-refractivity contribution in [2.24, 2.45) is 0 Å². The van der Waals surface area contributed by atoms with Crippen molar-refractivity contribution < 1.29 is 17.6 Å². The first-order valence-electron chi connectivity index (χ1n) is 9.65. The fraction of sp³-hybridized carbons (Fsp3) is 0.381. The van der Waals surface area contributed by atoms with Crippen LogP contribution in [0.5, 0.6) is 0 Å². The molecule has 0 N–H and O–H groups in total. The number of halogens is 1. The van der Waals surface area contributed by atoms with Gasteiger partial charge in [-0.1, -0.05) is 37.3 Å². The molecular formula is C21H26FN3O3S. The third-order valence-electron chi connectivity index (χ3n) is 5.11. The number of hydrogen-bond acceptors (Lipinski definition) is 4. The predicted molar refractivity (Wildman–Crippen MR) is 113 cm³/mol. The third-order valence-corrected chi connectivity index (χ3v) is 6.29. The maximum atomic E-state index is 14.0. The second-order valence-corrected chi connectivity index (χ2v) is 8.94. The van der Waals surface area contributed by atoms with Gasteiger partial charge in [0.25, 0.3) is 0 Å². The van der Waals surface area contributed by atoms with E-state index in [2.05, 4.69) is 0 Å². The molecule has 0 spiro atoms. The number of anilines is 2. The Morgan fingerprint density at radius 3 is 2.17 bits per heavy atom. The Labute approximate surface area is 171 Å². The lowest BCUT2D eigenvalue weighted by Crippen LogP contribution is -2.56. The number of carbonyl (C=O) groups excluding carboxylic acids is 1. The lowest BCUT2D eigenvalue weighted by atomic mass is 10.1. The van der Waals surface area contributed by atoms with E-state index in [0.717, 1.165) is 6.26 Å². The first-order chi connectivity index (χ1) is 13.8. The van der Waals surface area contributed by atoms with Gasteiger partial charge in [-0.2, -0.15) is 0 Å². The quantitative estimate of drug-likeness (QED) is 0.722. The van der Waals surface area contributed by atoms with Gasteiger partial charge < -0.3 is 9.80 Å². The molecule has 0 saturated carbocycles. The lowest BCUT2D eigenvalue weighted by molar-refractivity contribution is -0.132. The summed E-state index contributed by atoms with van der Waals surface area (Å²) in [5.74, 6) is -0.513. The van der Waals surface area contributed by atoms with Crippen molar-refractivity contribution in [1.29, 1.82) is 0 Å². The minimum Gasteiger partial charge on any atom is -0.366 e. The standard InChI is InChI=1S/C21H26FN3O3S/c1-3-19(25(29(2,27)28)17-9-5-4-6-10-17)21(26)24-15-13-23(14-16-24)20-12-8-7-11-18(20)22/h4-12,19H,3,13-16H2,1-2H3/t19-/m0/s1. The van der Waals surface area contributed by atoms with Gasteiger partial charge in [-0.15, -0.1) is 0 Å². The molecular weight excluding hydrogens is 393 g/mol. The van der Waals surface area contributed by atoms with Gasteiger partial charge in [-0.3, -0.25) is 9.10 Å². The summed E-state index contributed by atoms with van der Waals surface area (Å²) in [7, 11) is -3.65. The number of amides is 1. The first-order valence-corrected chi connectivity index (χ1v) is 11.5. The summed E-state index contributed by atoms with van der Waals surface area (Å²) in [5, 5.41) is 0. The molecule has 1 fully saturated rings. The minimum absolute atomic E-state index is 0.227. The Kier molecular flexibility index (Phi) is 6.42. The van der Waals surface area contributed by atoms with E-state index in [1.807, 2.05) is 4.90 Å². The highest BCUT2D eigenvalue weighted by Crippen LogP contribution is 2.25. The molecule has 8 heteroatoms. The summed E-state index contributed by atoms with van der Waals surface area (Å²) in [4.78, 5) is 16.8. The number of sulfonamides is 1. The molecule has 29 heavy (non-hydrogen) atoms. The Balaban J connectivity index is 1.77. The van der Waals surface area contributed by atoms with E-state index >= 15 is 0 Å². The van der Waals surface area contributed by atoms with Gasteiger partial charge in [-0.05, 0) is 30.7 Å². The highest BCUT2D eigenvalue weighted by atomic mass is 32.2. The van der Waals surface area contributed by atoms with Gasteiger partial charge in [0.2, 0.25) is 15.9 Å². The average molecular weight is 420 g/mol. The van der Waals surface area contributed by atoms with Gasteiger partial charge in [0.1, 0.15) is 11.9 Å². The van der Waals surface area contributed by atoms with Crippen LogP contribution >= 0.6 is 0 Å². The fourth-order valence-electron chi connectivity index (χ4n) is 3.70. The number of hydrogen-bond donors (Lipinski definition) is 0. The molecule has 1 saturated heterocycles. The molecule has 6 nitrogen and oxygen atoms in total. The Morgan fingerprint density at radius 1 is 1.03 bits per heavy atom. The van der Waals surface area contributed by atoms with E-state index in [1.165, 1.54) is 10.4 Å². The molecule has 0 unspecified atom stereocenters. The van der Waals surface area contributed by atoms with Crippen LogP contribution < -0.4 is 9.21 Å². The molecule has 1 amide bonds. The highest BCUT2D eigenvalue weighted by Gasteiger charge is 2.35. The zero-order valence-electron chi connectivity index (χ0n) is 16.7. The van der Waals surface area contributed by atoms with Crippen LogP contribution in [0.15, 0.2) is 54.6 Å². The lowest BCUT2D eigenvalue weighted by Gasteiger charge is -2.39. The zero-order valence-corrected chi connectivity index (χ0v) is 17.5. The van der Waals surface area contributed by atoms with Crippen LogP contribution in [0.3, 0.4) is 0 Å². The van der Waals surface area contributed by atoms with Gasteiger partial charge in [-0.25, -0.2) is 12.8 Å². The van der Waals surface area contributed by atoms with Gasteiger partial charge in [0, 0.05) is 26.2 Å². The molecule has 1 atom stereocenters. The number of carbonyl (C=O) groups is 1. The largest absolute Gasteiger partial charge is 0.366 e. The van der Waals surface area contributed by atoms with Crippen molar-refractivity contribution >= 4 is 27.3 Å². The van der Waals surface area contributed by atoms with E-state index in [-0.39, 0.29) is 11.7 Å². The second kappa shape index (κ2) is 8.82. The van der Waals surface area contributed by atoms with Crippen molar-refractivity contribution in [3.8, 4) is 0 Å². The summed E-state index contributed by atoms with van der Waals surface area (Å²) in [6.07, 6.45) is 1.47. The van der Waals surface area contributed by atoms with Crippen LogP contribution in [0.1, 0.15) is 13.3 Å². The number of rotatable bonds is 6. The molecule has 2 aromatic carbocycles. The molecule has 2 aromatic rings. The Morgan fingerprint density at radius 2 is 1.62 bits per heavy atom. The fourth-order valence-corrected chi connectivity index (χ4v) is 4.91. The van der Waals surface area contributed by atoms with E-state index in [4.69, 9.17) is 0 Å². The van der Waals surface area contributed by atoms with E-state index in [9.17, 15) is 17.6 Å². The molecule has 0 radical (unpaired) electrons. The Hall–Kier alpha value is -2.61. The number of benzene rings is 2.